The molecule has 2 heterocycles. The molecule has 7 heteroatoms. The molecule has 5 nitrogen and oxygen atoms in total. The molecule has 1 aliphatic rings. The monoisotopic (exact) mass is 249 g/mol. The number of hydrogen-bond acceptors (Lipinski definition) is 3. The number of nitrogens with zero attached hydrogens (tertiary/aromatic N) is 2. The van der Waals surface area contributed by atoms with Crippen molar-refractivity contribution in [1.29, 1.82) is 0 Å². The number of aromatic amines is 1. The number of sulfonamides is 1. The molecule has 1 N–H and O–H groups in total. The highest BCUT2D eigenvalue weighted by Gasteiger charge is 2.32. The van der Waals surface area contributed by atoms with Crippen LogP contribution in [0, 0.1) is 5.92 Å². The maximum atomic E-state index is 12.0. The van der Waals surface area contributed by atoms with E-state index in [2.05, 4.69) is 10.2 Å². The lowest BCUT2D eigenvalue weighted by molar-refractivity contribution is 0.465. The van der Waals surface area contributed by atoms with Crippen LogP contribution in [0.15, 0.2) is 17.3 Å². The van der Waals surface area contributed by atoms with Gasteiger partial charge in [-0.1, -0.05) is 0 Å². The number of H-pyrrole nitrogens is 1. The van der Waals surface area contributed by atoms with E-state index in [9.17, 15) is 8.42 Å². The third-order valence-electron chi connectivity index (χ3n) is 2.58. The third kappa shape index (κ3) is 2.02. The van der Waals surface area contributed by atoms with E-state index in [-0.39, 0.29) is 10.8 Å². The molecule has 1 saturated heterocycles. The van der Waals surface area contributed by atoms with Gasteiger partial charge in [-0.25, -0.2) is 8.42 Å². The second-order valence-corrected chi connectivity index (χ2v) is 5.85. The summed E-state index contributed by atoms with van der Waals surface area (Å²) in [5.41, 5.74) is 0. The van der Waals surface area contributed by atoms with E-state index in [1.165, 1.54) is 16.7 Å². The second-order valence-electron chi connectivity index (χ2n) is 3.61. The molecule has 1 aliphatic heterocycles. The molecule has 1 aromatic heterocycles. The van der Waals surface area contributed by atoms with E-state index in [1.807, 2.05) is 0 Å². The van der Waals surface area contributed by atoms with E-state index in [0.29, 0.717) is 19.0 Å². The normalized spacial score (nSPS) is 23.4. The Morgan fingerprint density at radius 1 is 1.67 bits per heavy atom. The zero-order valence-corrected chi connectivity index (χ0v) is 9.63. The van der Waals surface area contributed by atoms with Crippen LogP contribution in [-0.4, -0.2) is 41.9 Å². The number of alkyl halides is 1. The van der Waals surface area contributed by atoms with Crippen molar-refractivity contribution in [2.75, 3.05) is 19.0 Å². The summed E-state index contributed by atoms with van der Waals surface area (Å²) in [6.45, 7) is 1.06. The van der Waals surface area contributed by atoms with E-state index >= 15 is 0 Å². The van der Waals surface area contributed by atoms with Gasteiger partial charge in [0.2, 0.25) is 10.0 Å². The molecule has 0 radical (unpaired) electrons. The van der Waals surface area contributed by atoms with Gasteiger partial charge in [0.05, 0.1) is 6.20 Å². The topological polar surface area (TPSA) is 66.1 Å². The average Bonchev–Trinajstić information content (AvgIpc) is 2.89. The maximum Gasteiger partial charge on any atom is 0.246 e. The van der Waals surface area contributed by atoms with Crippen molar-refractivity contribution in [3.8, 4) is 0 Å². The van der Waals surface area contributed by atoms with Gasteiger partial charge in [-0.15, -0.1) is 11.6 Å². The Labute approximate surface area is 93.5 Å². The minimum atomic E-state index is -3.36. The first-order chi connectivity index (χ1) is 7.14. The van der Waals surface area contributed by atoms with Crippen LogP contribution < -0.4 is 0 Å². The largest absolute Gasteiger partial charge is 0.284 e. The molecule has 0 aliphatic carbocycles. The molecule has 0 spiro atoms. The van der Waals surface area contributed by atoms with Crippen molar-refractivity contribution >= 4 is 21.6 Å². The summed E-state index contributed by atoms with van der Waals surface area (Å²) in [6.07, 6.45) is 3.55. The Morgan fingerprint density at radius 3 is 3.00 bits per heavy atom. The van der Waals surface area contributed by atoms with E-state index in [4.69, 9.17) is 11.6 Å². The first-order valence-corrected chi connectivity index (χ1v) is 6.67. The summed E-state index contributed by atoms with van der Waals surface area (Å²) in [7, 11) is -3.36. The van der Waals surface area contributed by atoms with E-state index < -0.39 is 10.0 Å². The zero-order valence-electron chi connectivity index (χ0n) is 8.06. The van der Waals surface area contributed by atoms with Gasteiger partial charge in [-0.05, 0) is 12.3 Å². The Balaban J connectivity index is 2.18. The lowest BCUT2D eigenvalue weighted by Gasteiger charge is -2.14. The molecule has 2 rings (SSSR count). The van der Waals surface area contributed by atoms with Gasteiger partial charge >= 0.3 is 0 Å². The lowest BCUT2D eigenvalue weighted by Crippen LogP contribution is -2.28. The summed E-state index contributed by atoms with van der Waals surface area (Å²) >= 11 is 5.71. The zero-order chi connectivity index (χ0) is 10.9. The molecule has 0 amide bonds. The van der Waals surface area contributed by atoms with Gasteiger partial charge in [0.15, 0.2) is 0 Å². The maximum absolute atomic E-state index is 12.0. The highest BCUT2D eigenvalue weighted by Crippen LogP contribution is 2.24. The van der Waals surface area contributed by atoms with Crippen LogP contribution in [0.5, 0.6) is 0 Å². The van der Waals surface area contributed by atoms with Gasteiger partial charge in [0, 0.05) is 25.2 Å². The smallest absolute Gasteiger partial charge is 0.246 e. The molecule has 0 bridgehead atoms. The van der Waals surface area contributed by atoms with Gasteiger partial charge in [-0.2, -0.15) is 9.40 Å². The average molecular weight is 250 g/mol. The SMILES string of the molecule is O=S(=O)(c1cn[nH]c1)N1CCC(CCl)C1. The summed E-state index contributed by atoms with van der Waals surface area (Å²) in [4.78, 5) is 0.220. The van der Waals surface area contributed by atoms with Crippen LogP contribution in [0.1, 0.15) is 6.42 Å². The highest BCUT2D eigenvalue weighted by molar-refractivity contribution is 7.89. The van der Waals surface area contributed by atoms with Crippen molar-refractivity contribution in [3.63, 3.8) is 0 Å². The van der Waals surface area contributed by atoms with Crippen molar-refractivity contribution in [1.82, 2.24) is 14.5 Å². The van der Waals surface area contributed by atoms with Gasteiger partial charge in [0.1, 0.15) is 4.90 Å². The van der Waals surface area contributed by atoms with E-state index in [1.54, 1.807) is 0 Å². The molecular formula is C8H12ClN3O2S. The van der Waals surface area contributed by atoms with Crippen molar-refractivity contribution < 1.29 is 8.42 Å². The summed E-state index contributed by atoms with van der Waals surface area (Å²) in [6, 6.07) is 0. The number of aromatic nitrogens is 2. The molecular weight excluding hydrogens is 238 g/mol. The first-order valence-electron chi connectivity index (χ1n) is 4.69. The van der Waals surface area contributed by atoms with Crippen LogP contribution in [0.25, 0.3) is 0 Å². The fourth-order valence-electron chi connectivity index (χ4n) is 1.67. The van der Waals surface area contributed by atoms with Gasteiger partial charge in [0.25, 0.3) is 0 Å². The molecule has 15 heavy (non-hydrogen) atoms. The standard InChI is InChI=1S/C8H12ClN3O2S/c9-3-7-1-2-12(6-7)15(13,14)8-4-10-11-5-8/h4-5,7H,1-3,6H2,(H,10,11). The quantitative estimate of drug-likeness (QED) is 0.801. The van der Waals surface area contributed by atoms with Crippen LogP contribution in [-0.2, 0) is 10.0 Å². The number of hydrogen-bond donors (Lipinski definition) is 1. The van der Waals surface area contributed by atoms with Crippen LogP contribution in [0.2, 0.25) is 0 Å². The highest BCUT2D eigenvalue weighted by atomic mass is 35.5. The molecule has 1 atom stereocenters. The number of halogens is 1. The molecule has 1 aromatic rings. The summed E-state index contributed by atoms with van der Waals surface area (Å²) < 4.78 is 25.4. The lowest BCUT2D eigenvalue weighted by atomic mass is 10.2. The third-order valence-corrected chi connectivity index (χ3v) is 4.84. The predicted molar refractivity (Wildman–Crippen MR) is 56.2 cm³/mol. The Bertz CT molecular complexity index is 417. The van der Waals surface area contributed by atoms with Crippen LogP contribution in [0.4, 0.5) is 0 Å². The molecule has 1 fully saturated rings. The Hall–Kier alpha value is -0.590. The fourth-order valence-corrected chi connectivity index (χ4v) is 3.36. The molecule has 1 unspecified atom stereocenters. The summed E-state index contributed by atoms with van der Waals surface area (Å²) in [5, 5.41) is 6.14. The Kier molecular flexibility index (Phi) is 2.99. The fraction of sp³-hybridized carbons (Fsp3) is 0.625. The predicted octanol–water partition coefficient (Wildman–Crippen LogP) is 0.659. The number of rotatable bonds is 3. The number of nitrogens with one attached hydrogen (secondary N) is 1. The van der Waals surface area contributed by atoms with Gasteiger partial charge < -0.3 is 0 Å². The summed E-state index contributed by atoms with van der Waals surface area (Å²) in [5.74, 6) is 0.783. The molecule has 84 valence electrons. The minimum absolute atomic E-state index is 0.220. The second kappa shape index (κ2) is 4.11. The van der Waals surface area contributed by atoms with Crippen molar-refractivity contribution in [2.45, 2.75) is 11.3 Å². The van der Waals surface area contributed by atoms with Crippen molar-refractivity contribution in [2.24, 2.45) is 5.92 Å². The van der Waals surface area contributed by atoms with Crippen molar-refractivity contribution in [3.05, 3.63) is 12.4 Å². The first kappa shape index (κ1) is 10.9. The minimum Gasteiger partial charge on any atom is -0.284 e. The Morgan fingerprint density at radius 2 is 2.47 bits per heavy atom. The molecule has 0 saturated carbocycles. The van der Waals surface area contributed by atoms with Crippen LogP contribution >= 0.6 is 11.6 Å². The van der Waals surface area contributed by atoms with E-state index in [0.717, 1.165) is 6.42 Å². The van der Waals surface area contributed by atoms with Crippen LogP contribution in [0.3, 0.4) is 0 Å². The molecule has 0 aromatic carbocycles. The van der Waals surface area contributed by atoms with Gasteiger partial charge in [-0.3, -0.25) is 5.10 Å².